The molecule has 1 aliphatic heterocycles. The van der Waals surface area contributed by atoms with Crippen LogP contribution in [-0.2, 0) is 42.9 Å². The molecule has 1 heterocycles. The second-order valence-electron chi connectivity index (χ2n) is 19.5. The number of ether oxygens (including phenoxy) is 5. The molecule has 1 aliphatic rings. The first kappa shape index (κ1) is 71.6. The smallest absolute Gasteiger partial charge is 0.335 e. The minimum absolute atomic E-state index is 0.0282. The SMILES string of the molecule is CC/C=C\C/C=C\C/C=C\C/C=C\C/C=C\CC(=O)OCC(COC1OC(C(=O)O)C(O)C(O)C1OC(=O)CCCCCCCCCCC/C=C\C/C=C\CCCCC)OC(=O)C/C=C\C/C=C\C/C=C\C/C=C\C/C=C\CC. The summed E-state index contributed by atoms with van der Waals surface area (Å²) in [4.78, 5) is 51.0. The lowest BCUT2D eigenvalue weighted by molar-refractivity contribution is -0.301. The van der Waals surface area contributed by atoms with Gasteiger partial charge in [-0.3, -0.25) is 14.4 Å². The lowest BCUT2D eigenvalue weighted by Crippen LogP contribution is -2.61. The Labute approximate surface area is 476 Å². The van der Waals surface area contributed by atoms with Crippen LogP contribution in [0.3, 0.4) is 0 Å². The average molecular weight is 1100 g/mol. The van der Waals surface area contributed by atoms with Gasteiger partial charge < -0.3 is 39.0 Å². The second kappa shape index (κ2) is 53.3. The number of carbonyl (C=O) groups is 4. The van der Waals surface area contributed by atoms with Crippen LogP contribution in [0.25, 0.3) is 0 Å². The van der Waals surface area contributed by atoms with Crippen molar-refractivity contribution in [3.05, 3.63) is 146 Å². The van der Waals surface area contributed by atoms with Gasteiger partial charge >= 0.3 is 23.9 Å². The number of allylic oxidation sites excluding steroid dienone is 22. The molecule has 442 valence electrons. The average Bonchev–Trinajstić information content (AvgIpc) is 3.46. The molecule has 1 rings (SSSR count). The number of aliphatic carboxylic acids is 1. The molecule has 0 radical (unpaired) electrons. The predicted octanol–water partition coefficient (Wildman–Crippen LogP) is 15.6. The molecule has 0 saturated carbocycles. The first-order chi connectivity index (χ1) is 38.6. The van der Waals surface area contributed by atoms with Gasteiger partial charge in [0.2, 0.25) is 0 Å². The molecule has 6 unspecified atom stereocenters. The Balaban J connectivity index is 2.78. The zero-order chi connectivity index (χ0) is 57.5. The number of carboxylic acids is 1. The van der Waals surface area contributed by atoms with Crippen molar-refractivity contribution in [2.24, 2.45) is 0 Å². The highest BCUT2D eigenvalue weighted by Crippen LogP contribution is 2.26. The molecule has 0 bridgehead atoms. The summed E-state index contributed by atoms with van der Waals surface area (Å²) in [5.74, 6) is -3.48. The van der Waals surface area contributed by atoms with Crippen LogP contribution in [0.5, 0.6) is 0 Å². The number of hydrogen-bond acceptors (Lipinski definition) is 11. The maximum absolute atomic E-state index is 13.1. The Morgan fingerprint density at radius 2 is 0.835 bits per heavy atom. The molecule has 0 aromatic heterocycles. The number of unbranched alkanes of at least 4 members (excludes halogenated alkanes) is 12. The van der Waals surface area contributed by atoms with E-state index in [9.17, 15) is 34.5 Å². The van der Waals surface area contributed by atoms with Crippen molar-refractivity contribution in [2.75, 3.05) is 13.2 Å². The van der Waals surface area contributed by atoms with Gasteiger partial charge in [-0.05, 0) is 103 Å². The van der Waals surface area contributed by atoms with Crippen LogP contribution in [0.4, 0.5) is 0 Å². The summed E-state index contributed by atoms with van der Waals surface area (Å²) in [7, 11) is 0. The van der Waals surface area contributed by atoms with Crippen molar-refractivity contribution < 1.29 is 58.2 Å². The molecule has 79 heavy (non-hydrogen) atoms. The van der Waals surface area contributed by atoms with Gasteiger partial charge in [0, 0.05) is 6.42 Å². The molecular formula is C67H102O12. The topological polar surface area (TPSA) is 175 Å². The van der Waals surface area contributed by atoms with E-state index < -0.39 is 73.9 Å². The number of carboxylic acid groups (broad SMARTS) is 1. The van der Waals surface area contributed by atoms with E-state index in [0.29, 0.717) is 19.3 Å². The molecule has 0 amide bonds. The molecule has 1 fully saturated rings. The first-order valence-corrected chi connectivity index (χ1v) is 29.8. The minimum atomic E-state index is -1.94. The van der Waals surface area contributed by atoms with Crippen molar-refractivity contribution in [3.63, 3.8) is 0 Å². The fourth-order valence-electron chi connectivity index (χ4n) is 7.96. The van der Waals surface area contributed by atoms with Crippen LogP contribution in [0.2, 0.25) is 0 Å². The third kappa shape index (κ3) is 43.1. The lowest BCUT2D eigenvalue weighted by Gasteiger charge is -2.40. The molecule has 0 aliphatic carbocycles. The quantitative estimate of drug-likeness (QED) is 0.0228. The van der Waals surface area contributed by atoms with E-state index in [1.54, 1.807) is 12.2 Å². The highest BCUT2D eigenvalue weighted by atomic mass is 16.7. The van der Waals surface area contributed by atoms with E-state index in [-0.39, 0.29) is 19.3 Å². The van der Waals surface area contributed by atoms with E-state index >= 15 is 0 Å². The minimum Gasteiger partial charge on any atom is -0.479 e. The van der Waals surface area contributed by atoms with Crippen molar-refractivity contribution in [1.82, 2.24) is 0 Å². The summed E-state index contributed by atoms with van der Waals surface area (Å²) >= 11 is 0. The Morgan fingerprint density at radius 3 is 1.28 bits per heavy atom. The summed E-state index contributed by atoms with van der Waals surface area (Å²) in [6, 6.07) is 0. The fraction of sp³-hybridized carbons (Fsp3) is 0.582. The van der Waals surface area contributed by atoms with E-state index in [1.165, 1.54) is 51.4 Å². The number of esters is 3. The number of carbonyl (C=O) groups excluding carboxylic acids is 3. The van der Waals surface area contributed by atoms with Crippen molar-refractivity contribution in [3.8, 4) is 0 Å². The molecule has 0 aromatic carbocycles. The highest BCUT2D eigenvalue weighted by molar-refractivity contribution is 5.74. The van der Waals surface area contributed by atoms with Gasteiger partial charge in [0.05, 0.1) is 19.4 Å². The maximum atomic E-state index is 13.1. The van der Waals surface area contributed by atoms with Crippen molar-refractivity contribution >= 4 is 23.9 Å². The Kier molecular flexibility index (Phi) is 48.3. The van der Waals surface area contributed by atoms with Crippen LogP contribution in [-0.4, -0.2) is 89.2 Å². The van der Waals surface area contributed by atoms with Gasteiger partial charge in [-0.2, -0.15) is 0 Å². The molecule has 12 heteroatoms. The van der Waals surface area contributed by atoms with Crippen LogP contribution in [0.1, 0.15) is 201 Å². The second-order valence-corrected chi connectivity index (χ2v) is 19.5. The summed E-state index contributed by atoms with van der Waals surface area (Å²) in [6.45, 7) is 5.55. The van der Waals surface area contributed by atoms with Crippen LogP contribution in [0.15, 0.2) is 146 Å². The summed E-state index contributed by atoms with van der Waals surface area (Å²) in [5, 5.41) is 31.5. The molecule has 0 spiro atoms. The molecule has 3 N–H and O–H groups in total. The third-order valence-electron chi connectivity index (χ3n) is 12.4. The largest absolute Gasteiger partial charge is 0.479 e. The number of rotatable bonds is 48. The summed E-state index contributed by atoms with van der Waals surface area (Å²) in [6.07, 6.45) is 64.4. The monoisotopic (exact) mass is 1100 g/mol. The van der Waals surface area contributed by atoms with Gasteiger partial charge in [0.15, 0.2) is 24.6 Å². The van der Waals surface area contributed by atoms with Crippen LogP contribution >= 0.6 is 0 Å². The molecule has 12 nitrogen and oxygen atoms in total. The fourth-order valence-corrected chi connectivity index (χ4v) is 7.96. The van der Waals surface area contributed by atoms with Gasteiger partial charge in [0.1, 0.15) is 18.8 Å². The van der Waals surface area contributed by atoms with E-state index in [1.807, 2.05) is 36.5 Å². The van der Waals surface area contributed by atoms with Crippen molar-refractivity contribution in [2.45, 2.75) is 237 Å². The Bertz CT molecular complexity index is 1930. The zero-order valence-corrected chi connectivity index (χ0v) is 48.5. The van der Waals surface area contributed by atoms with E-state index in [4.69, 9.17) is 23.7 Å². The van der Waals surface area contributed by atoms with Crippen molar-refractivity contribution in [1.29, 1.82) is 0 Å². The van der Waals surface area contributed by atoms with E-state index in [2.05, 4.69) is 118 Å². The lowest BCUT2D eigenvalue weighted by atomic mass is 9.98. The standard InChI is InChI=1S/C67H102O12/c1-4-7-10-13-16-19-22-25-28-29-30-31-34-37-40-43-46-49-52-55-61(70)78-65-63(72)62(71)64(66(73)74)79-67(65)76-57-58(77-60(69)54-51-48-45-42-39-36-33-27-24-21-18-15-12-9-6-3)56-75-59(68)53-50-47-44-41-38-35-32-26-23-20-17-14-11-8-5-2/h8-9,11-12,16-21,25-28,32-33,38-39,41-42,47-48,50-51,58,62-65,67,71-72H,4-7,10,13-15,22-24,29-31,34-37,40,43-46,49,52-57H2,1-3H3,(H,73,74)/b11-8-,12-9-,19-16-,20-17-,21-18-,28-25-,32-26-,33-27-,41-38-,42-39-,50-47-,51-48-. The highest BCUT2D eigenvalue weighted by Gasteiger charge is 2.50. The maximum Gasteiger partial charge on any atom is 0.335 e. The molecule has 6 atom stereocenters. The molecule has 1 saturated heterocycles. The van der Waals surface area contributed by atoms with Gasteiger partial charge in [-0.15, -0.1) is 0 Å². The van der Waals surface area contributed by atoms with Crippen LogP contribution in [0, 0.1) is 0 Å². The van der Waals surface area contributed by atoms with Crippen LogP contribution < -0.4 is 0 Å². The Morgan fingerprint density at radius 1 is 0.443 bits per heavy atom. The normalized spacial score (nSPS) is 18.9. The first-order valence-electron chi connectivity index (χ1n) is 29.8. The predicted molar refractivity (Wildman–Crippen MR) is 321 cm³/mol. The molecule has 0 aromatic rings. The van der Waals surface area contributed by atoms with Gasteiger partial charge in [-0.25, -0.2) is 4.79 Å². The number of hydrogen-bond donors (Lipinski definition) is 3. The summed E-state index contributed by atoms with van der Waals surface area (Å²) in [5.41, 5.74) is 0. The summed E-state index contributed by atoms with van der Waals surface area (Å²) < 4.78 is 28.2. The number of aliphatic hydroxyl groups is 2. The van der Waals surface area contributed by atoms with Gasteiger partial charge in [0.25, 0.3) is 0 Å². The third-order valence-corrected chi connectivity index (χ3v) is 12.4. The Hall–Kier alpha value is -5.40. The van der Waals surface area contributed by atoms with E-state index in [0.717, 1.165) is 89.9 Å². The zero-order valence-electron chi connectivity index (χ0n) is 48.5. The number of aliphatic hydroxyl groups excluding tert-OH is 2. The van der Waals surface area contributed by atoms with Gasteiger partial charge in [-0.1, -0.05) is 224 Å². The molecular weight excluding hydrogens is 997 g/mol.